The molecule has 0 saturated carbocycles. The average Bonchev–Trinajstić information content (AvgIpc) is 1.64. The van der Waals surface area contributed by atoms with Gasteiger partial charge in [0.2, 0.25) is 17.8 Å². The van der Waals surface area contributed by atoms with Gasteiger partial charge in [-0.2, -0.15) is 0 Å². The number of likely N-dealkylation sites (tertiary alicyclic amines) is 2. The second-order valence-electron chi connectivity index (χ2n) is 34.1. The lowest BCUT2D eigenvalue weighted by Gasteiger charge is -2.22. The number of rotatable bonds is 25. The molecule has 2 fully saturated rings. The van der Waals surface area contributed by atoms with Crippen LogP contribution in [0.3, 0.4) is 0 Å². The molecule has 0 aliphatic carbocycles. The number of nitrogens with zero attached hydrogens (tertiary/aromatic N) is 10. The van der Waals surface area contributed by atoms with Crippen LogP contribution in [0.25, 0.3) is 0 Å². The second-order valence-corrected chi connectivity index (χ2v) is 35.9. The number of aromatic carboxylic acids is 1. The van der Waals surface area contributed by atoms with E-state index in [1.807, 2.05) is 34.7 Å². The molecule has 8 N–H and O–H groups in total. The van der Waals surface area contributed by atoms with Crippen LogP contribution < -0.4 is 32.3 Å². The number of hydrogen-bond donors (Lipinski definition) is 7. The summed E-state index contributed by atoms with van der Waals surface area (Å²) in [5, 5.41) is 25.7. The van der Waals surface area contributed by atoms with Crippen molar-refractivity contribution in [3.05, 3.63) is 67.6 Å². The van der Waals surface area contributed by atoms with Crippen LogP contribution in [0.4, 0.5) is 19.2 Å². The molecule has 115 heavy (non-hydrogen) atoms. The minimum Gasteiger partial charge on any atom is -0.476 e. The van der Waals surface area contributed by atoms with Crippen molar-refractivity contribution in [3.63, 3.8) is 0 Å². The summed E-state index contributed by atoms with van der Waals surface area (Å²) in [4.78, 5) is 179. The number of carbonyl (C=O) groups excluding carboxylic acids is 11. The number of esters is 2. The van der Waals surface area contributed by atoms with E-state index in [9.17, 15) is 62.6 Å². The molecule has 0 radical (unpaired) electrons. The van der Waals surface area contributed by atoms with Crippen molar-refractivity contribution in [1.82, 2.24) is 65.5 Å². The molecule has 6 rings (SSSR count). The smallest absolute Gasteiger partial charge is 0.414 e. The number of carboxylic acid groups (broad SMARTS) is 1. The number of hydrogen-bond acceptors (Lipinski definition) is 27. The number of alkyl carbamates (subject to hydrolysis) is 4. The molecule has 37 heteroatoms. The van der Waals surface area contributed by atoms with Gasteiger partial charge in [-0.05, 0) is 195 Å². The Morgan fingerprint density at radius 3 is 1.18 bits per heavy atom. The van der Waals surface area contributed by atoms with E-state index in [-0.39, 0.29) is 108 Å². The van der Waals surface area contributed by atoms with Crippen LogP contribution in [-0.2, 0) is 61.7 Å². The van der Waals surface area contributed by atoms with E-state index >= 15 is 0 Å². The van der Waals surface area contributed by atoms with Crippen molar-refractivity contribution in [1.29, 1.82) is 0 Å². The molecule has 6 atom stereocenters. The predicted octanol–water partition coefficient (Wildman–Crippen LogP) is 11.3. The number of Topliss-reactive ketones (excluding diaryl/α,β-unsaturated/α-hetero) is 2. The lowest BCUT2D eigenvalue weighted by atomic mass is 9.94. The number of unbranched alkanes of at least 4 members (excludes halogenated alkanes) is 2. The Hall–Kier alpha value is -9.78. The standard InChI is InChI=1S/C39H60N8O9S.C20H26N4O5S.C19H36N4O5/c1-23-42-26(21-46(23)12)33(51)47-20-24(18-30(49)54-37(2,3)4)17-28(47)32-43-27(22-57-32)29(48)19-25(31(50)40-11)15-13-14-16-41-34(44-35(52)55-38(5,6)7)45-36(53)56-39(8,9)10;1-11-21-13(9-23(11)5)18(26)24-8-12(7-16(25)29-20(2,3)4)6-15(24)17-22-14(10-30-17)19(27)28;1-8-14(24)13(20)11-9-10-12-21-15(22-16(25)27-18(2,3)4)23-17(26)28-19(5,6)7/h21-22,24-25,28H,13-20H2,1-12H3,(H,40,50)(H2,41,44,45,52,53);9-10,12,15H,6-8H2,1-5H3,(H,27,28);13H,8-12,20H2,1-7H3,(H2,21,22,23,25,26)/t24-,25+,28-;12-,15-;13-/m000/s1. The summed E-state index contributed by atoms with van der Waals surface area (Å²) in [6.07, 6.45) is 5.02. The Labute approximate surface area is 681 Å². The highest BCUT2D eigenvalue weighted by Crippen LogP contribution is 2.42. The van der Waals surface area contributed by atoms with E-state index < -0.39 is 88.0 Å². The minimum absolute atomic E-state index is 0.0300. The van der Waals surface area contributed by atoms with E-state index in [2.05, 4.69) is 56.5 Å². The first kappa shape index (κ1) is 97.6. The number of ketones is 2. The maximum Gasteiger partial charge on any atom is 0.414 e. The molecule has 7 amide bonds. The van der Waals surface area contributed by atoms with Crippen molar-refractivity contribution in [2.75, 3.05) is 33.2 Å². The van der Waals surface area contributed by atoms with Gasteiger partial charge in [0.15, 0.2) is 11.5 Å². The normalized spacial score (nSPS) is 16.1. The maximum absolute atomic E-state index is 13.8. The van der Waals surface area contributed by atoms with Gasteiger partial charge in [-0.25, -0.2) is 43.9 Å². The van der Waals surface area contributed by atoms with E-state index in [4.69, 9.17) is 34.2 Å². The Bertz CT molecular complexity index is 3990. The molecule has 0 spiro atoms. The lowest BCUT2D eigenvalue weighted by Crippen LogP contribution is -2.47. The molecular formula is C78H122N16O19S2. The quantitative estimate of drug-likeness (QED) is 0.00809. The first-order valence-corrected chi connectivity index (χ1v) is 40.1. The number of guanidine groups is 2. The fraction of sp³-hybridized carbons (Fsp3) is 0.667. The average molecular weight is 1650 g/mol. The number of imidazole rings is 2. The summed E-state index contributed by atoms with van der Waals surface area (Å²) >= 11 is 2.46. The third-order valence-electron chi connectivity index (χ3n) is 16.5. The van der Waals surface area contributed by atoms with Crippen LogP contribution in [0.15, 0.2) is 33.1 Å². The fourth-order valence-corrected chi connectivity index (χ4v) is 13.4. The fourth-order valence-electron chi connectivity index (χ4n) is 11.5. The number of carboxylic acids is 1. The van der Waals surface area contributed by atoms with Crippen LogP contribution >= 0.6 is 22.7 Å². The largest absolute Gasteiger partial charge is 0.476 e. The van der Waals surface area contributed by atoms with Crippen molar-refractivity contribution >= 4 is 106 Å². The van der Waals surface area contributed by atoms with Crippen LogP contribution in [-0.4, -0.2) is 200 Å². The number of ether oxygens (including phenoxy) is 6. The van der Waals surface area contributed by atoms with Crippen molar-refractivity contribution in [2.45, 2.75) is 274 Å². The van der Waals surface area contributed by atoms with Gasteiger partial charge < -0.3 is 63.5 Å². The molecule has 2 saturated heterocycles. The Morgan fingerprint density at radius 2 is 0.870 bits per heavy atom. The molecule has 2 aliphatic rings. The van der Waals surface area contributed by atoms with E-state index in [1.165, 1.54) is 35.1 Å². The van der Waals surface area contributed by atoms with E-state index in [1.54, 1.807) is 161 Å². The number of aliphatic imine (C=N–C) groups is 2. The number of nitrogens with one attached hydrogen (secondary N) is 5. The molecule has 0 unspecified atom stereocenters. The minimum atomic E-state index is -1.11. The molecule has 0 aromatic carbocycles. The third kappa shape index (κ3) is 35.9. The van der Waals surface area contributed by atoms with Gasteiger partial charge in [0.25, 0.3) is 11.8 Å². The molecule has 4 aromatic rings. The number of nitrogens with two attached hydrogens (primary N) is 1. The van der Waals surface area contributed by atoms with Gasteiger partial charge in [-0.3, -0.25) is 64.8 Å². The summed E-state index contributed by atoms with van der Waals surface area (Å²) in [6.45, 7) is 38.0. The van der Waals surface area contributed by atoms with Crippen LogP contribution in [0.2, 0.25) is 0 Å². The molecule has 2 aliphatic heterocycles. The molecular weight excluding hydrogens is 1530 g/mol. The van der Waals surface area contributed by atoms with Crippen molar-refractivity contribution in [2.24, 2.45) is 47.6 Å². The topological polar surface area (TPSA) is 459 Å². The summed E-state index contributed by atoms with van der Waals surface area (Å²) in [7, 11) is 5.12. The number of aryl methyl sites for hydroxylation is 4. The Kier molecular flexibility index (Phi) is 36.3. The van der Waals surface area contributed by atoms with E-state index in [0.29, 0.717) is 105 Å². The monoisotopic (exact) mass is 1650 g/mol. The zero-order chi connectivity index (χ0) is 87.1. The highest BCUT2D eigenvalue weighted by atomic mass is 32.1. The summed E-state index contributed by atoms with van der Waals surface area (Å²) in [6, 6.07) is -1.37. The lowest BCUT2D eigenvalue weighted by molar-refractivity contribution is -0.157. The molecule has 6 heterocycles. The van der Waals surface area contributed by atoms with Crippen molar-refractivity contribution < 1.29 is 91.1 Å². The highest BCUT2D eigenvalue weighted by Gasteiger charge is 2.43. The SMILES string of the molecule is CCC(=O)[C@@H](N)CCCCN=C(NC(=O)OC(C)(C)C)NC(=O)OC(C)(C)C.CNC(=O)[C@H](CCCCN=C(NC(=O)OC(C)(C)C)NC(=O)OC(C)(C)C)CC(=O)c1csc([C@@H]2C[C@@H](CC(=O)OC(C)(C)C)CN2C(=O)c2cn(C)c(C)n2)n1.Cc1nc(C(=O)N2C[C@H](CC(=O)OC(C)(C)C)C[C@H]2c2nc(C(=O)O)cs2)cn1C. The highest BCUT2D eigenvalue weighted by molar-refractivity contribution is 7.10. The number of thiazole rings is 2. The predicted molar refractivity (Wildman–Crippen MR) is 431 cm³/mol. The number of amides is 7. The van der Waals surface area contributed by atoms with Gasteiger partial charge in [-0.15, -0.1) is 22.7 Å². The maximum atomic E-state index is 13.8. The van der Waals surface area contributed by atoms with Gasteiger partial charge in [0.1, 0.15) is 78.1 Å². The number of carbonyl (C=O) groups is 12. The van der Waals surface area contributed by atoms with Crippen molar-refractivity contribution in [3.8, 4) is 0 Å². The molecule has 35 nitrogen and oxygen atoms in total. The molecule has 0 bridgehead atoms. The zero-order valence-electron chi connectivity index (χ0n) is 71.2. The zero-order valence-corrected chi connectivity index (χ0v) is 72.9. The van der Waals surface area contributed by atoms with E-state index in [0.717, 1.165) is 0 Å². The summed E-state index contributed by atoms with van der Waals surface area (Å²) in [5.41, 5.74) is 2.34. The van der Waals surface area contributed by atoms with Gasteiger partial charge in [0, 0.05) is 89.2 Å². The van der Waals surface area contributed by atoms with Crippen LogP contribution in [0.5, 0.6) is 0 Å². The Balaban J connectivity index is 0.000000402. The molecule has 4 aromatic heterocycles. The summed E-state index contributed by atoms with van der Waals surface area (Å²) in [5.74, 6) is -2.73. The first-order chi connectivity index (χ1) is 53.0. The number of aromatic nitrogens is 6. The van der Waals surface area contributed by atoms with Gasteiger partial charge in [-0.1, -0.05) is 13.3 Å². The summed E-state index contributed by atoms with van der Waals surface area (Å²) < 4.78 is 35.4. The Morgan fingerprint density at radius 1 is 0.522 bits per heavy atom. The van der Waals surface area contributed by atoms with Gasteiger partial charge in [0.05, 0.1) is 31.0 Å². The first-order valence-electron chi connectivity index (χ1n) is 38.3. The second kappa shape index (κ2) is 42.7. The third-order valence-corrected chi connectivity index (χ3v) is 18.4. The van der Waals surface area contributed by atoms with Crippen LogP contribution in [0.1, 0.15) is 284 Å². The van der Waals surface area contributed by atoms with Crippen LogP contribution in [0, 0.1) is 31.6 Å². The van der Waals surface area contributed by atoms with Gasteiger partial charge >= 0.3 is 42.3 Å². The molecule has 640 valence electrons.